The van der Waals surface area contributed by atoms with Gasteiger partial charge in [-0.15, -0.1) is 0 Å². The topological polar surface area (TPSA) is 76.1 Å². The number of carboxylic acids is 1. The number of morpholine rings is 1. The lowest BCUT2D eigenvalue weighted by atomic mass is 9.98. The highest BCUT2D eigenvalue weighted by molar-refractivity contribution is 5.94. The third-order valence-corrected chi connectivity index (χ3v) is 4.59. The van der Waals surface area contributed by atoms with Crippen LogP contribution in [0.25, 0.3) is 0 Å². The SMILES string of the molecule is O=C(O)[C@@H]1CN(C(=O)c2ccc(OC3CCCCC3)cc2)CCO1. The summed E-state index contributed by atoms with van der Waals surface area (Å²) in [5, 5.41) is 9.02. The summed E-state index contributed by atoms with van der Waals surface area (Å²) in [6, 6.07) is 7.12. The van der Waals surface area contributed by atoms with Crippen LogP contribution in [0, 0.1) is 0 Å². The van der Waals surface area contributed by atoms with Gasteiger partial charge in [-0.2, -0.15) is 0 Å². The number of benzene rings is 1. The van der Waals surface area contributed by atoms with Gasteiger partial charge in [0.2, 0.25) is 0 Å². The van der Waals surface area contributed by atoms with E-state index in [1.807, 2.05) is 12.1 Å². The van der Waals surface area contributed by atoms with E-state index in [1.54, 1.807) is 12.1 Å². The van der Waals surface area contributed by atoms with Gasteiger partial charge in [0, 0.05) is 12.1 Å². The van der Waals surface area contributed by atoms with E-state index in [2.05, 4.69) is 0 Å². The van der Waals surface area contributed by atoms with E-state index >= 15 is 0 Å². The van der Waals surface area contributed by atoms with Crippen molar-refractivity contribution >= 4 is 11.9 Å². The molecule has 1 amide bonds. The number of carbonyl (C=O) groups is 2. The van der Waals surface area contributed by atoms with Gasteiger partial charge in [-0.25, -0.2) is 4.79 Å². The molecule has 1 N–H and O–H groups in total. The number of amides is 1. The average molecular weight is 333 g/mol. The maximum absolute atomic E-state index is 12.5. The van der Waals surface area contributed by atoms with E-state index in [1.165, 1.54) is 24.2 Å². The highest BCUT2D eigenvalue weighted by Crippen LogP contribution is 2.24. The van der Waals surface area contributed by atoms with Gasteiger partial charge in [-0.1, -0.05) is 6.42 Å². The summed E-state index contributed by atoms with van der Waals surface area (Å²) >= 11 is 0. The van der Waals surface area contributed by atoms with Gasteiger partial charge in [-0.05, 0) is 49.9 Å². The van der Waals surface area contributed by atoms with E-state index in [9.17, 15) is 9.59 Å². The lowest BCUT2D eigenvalue weighted by Crippen LogP contribution is -2.48. The minimum absolute atomic E-state index is 0.0779. The summed E-state index contributed by atoms with van der Waals surface area (Å²) in [6.07, 6.45) is 5.21. The van der Waals surface area contributed by atoms with Crippen molar-refractivity contribution in [3.8, 4) is 5.75 Å². The van der Waals surface area contributed by atoms with Gasteiger partial charge in [0.1, 0.15) is 5.75 Å². The van der Waals surface area contributed by atoms with Gasteiger partial charge < -0.3 is 19.5 Å². The minimum atomic E-state index is -1.04. The second-order valence-electron chi connectivity index (χ2n) is 6.35. The van der Waals surface area contributed by atoms with Crippen molar-refractivity contribution in [1.82, 2.24) is 4.90 Å². The summed E-state index contributed by atoms with van der Waals surface area (Å²) < 4.78 is 11.1. The molecule has 0 spiro atoms. The third kappa shape index (κ3) is 4.06. The second-order valence-corrected chi connectivity index (χ2v) is 6.35. The fraction of sp³-hybridized carbons (Fsp3) is 0.556. The second kappa shape index (κ2) is 7.66. The first-order valence-electron chi connectivity index (χ1n) is 8.54. The van der Waals surface area contributed by atoms with Gasteiger partial charge in [0.15, 0.2) is 6.10 Å². The van der Waals surface area contributed by atoms with Crippen LogP contribution < -0.4 is 4.74 Å². The molecule has 1 aliphatic heterocycles. The summed E-state index contributed by atoms with van der Waals surface area (Å²) in [5.41, 5.74) is 0.539. The Morgan fingerprint density at radius 2 is 1.83 bits per heavy atom. The standard InChI is InChI=1S/C18H23NO5/c20-17(19-10-11-23-16(12-19)18(21)22)13-6-8-15(9-7-13)24-14-4-2-1-3-5-14/h6-9,14,16H,1-5,10-12H2,(H,21,22)/t16-/m0/s1. The van der Waals surface area contributed by atoms with Crippen molar-refractivity contribution in [1.29, 1.82) is 0 Å². The van der Waals surface area contributed by atoms with Crippen molar-refractivity contribution in [2.75, 3.05) is 19.7 Å². The Labute approximate surface area is 141 Å². The number of rotatable bonds is 4. The van der Waals surface area contributed by atoms with Gasteiger partial charge in [0.25, 0.3) is 5.91 Å². The molecule has 0 unspecified atom stereocenters. The van der Waals surface area contributed by atoms with Crippen LogP contribution in [0.5, 0.6) is 5.75 Å². The molecule has 2 fully saturated rings. The maximum Gasteiger partial charge on any atom is 0.334 e. The zero-order chi connectivity index (χ0) is 16.9. The van der Waals surface area contributed by atoms with E-state index in [4.69, 9.17) is 14.6 Å². The predicted molar refractivity (Wildman–Crippen MR) is 87.2 cm³/mol. The quantitative estimate of drug-likeness (QED) is 0.915. The van der Waals surface area contributed by atoms with Crippen LogP contribution >= 0.6 is 0 Å². The highest BCUT2D eigenvalue weighted by Gasteiger charge is 2.29. The zero-order valence-corrected chi connectivity index (χ0v) is 13.6. The van der Waals surface area contributed by atoms with Crippen molar-refractivity contribution in [3.63, 3.8) is 0 Å². The molecule has 130 valence electrons. The van der Waals surface area contributed by atoms with Crippen molar-refractivity contribution in [3.05, 3.63) is 29.8 Å². The summed E-state index contributed by atoms with van der Waals surface area (Å²) in [7, 11) is 0. The lowest BCUT2D eigenvalue weighted by Gasteiger charge is -2.31. The van der Waals surface area contributed by atoms with Gasteiger partial charge >= 0.3 is 5.97 Å². The smallest absolute Gasteiger partial charge is 0.334 e. The Balaban J connectivity index is 1.60. The number of carbonyl (C=O) groups excluding carboxylic acids is 1. The van der Waals surface area contributed by atoms with E-state index in [0.717, 1.165) is 18.6 Å². The first-order valence-corrected chi connectivity index (χ1v) is 8.54. The Bertz CT molecular complexity index is 580. The Morgan fingerprint density at radius 3 is 2.50 bits per heavy atom. The summed E-state index contributed by atoms with van der Waals surface area (Å²) in [5.74, 6) is -0.429. The molecule has 2 aliphatic rings. The number of aliphatic carboxylic acids is 1. The number of carboxylic acid groups (broad SMARTS) is 1. The number of hydrogen-bond acceptors (Lipinski definition) is 4. The maximum atomic E-state index is 12.5. The molecule has 3 rings (SSSR count). The van der Waals surface area contributed by atoms with E-state index < -0.39 is 12.1 Å². The van der Waals surface area contributed by atoms with Crippen molar-refractivity contribution in [2.24, 2.45) is 0 Å². The molecule has 1 saturated carbocycles. The monoisotopic (exact) mass is 333 g/mol. The molecule has 1 atom stereocenters. The molecule has 0 radical (unpaired) electrons. The fourth-order valence-electron chi connectivity index (χ4n) is 3.22. The molecule has 0 bridgehead atoms. The molecule has 1 saturated heterocycles. The van der Waals surface area contributed by atoms with Gasteiger partial charge in [-0.3, -0.25) is 4.79 Å². The van der Waals surface area contributed by atoms with Crippen LogP contribution in [0.15, 0.2) is 24.3 Å². The summed E-state index contributed by atoms with van der Waals surface area (Å²) in [4.78, 5) is 25.0. The molecule has 1 aliphatic carbocycles. The zero-order valence-electron chi connectivity index (χ0n) is 13.6. The Morgan fingerprint density at radius 1 is 1.12 bits per heavy atom. The van der Waals surface area contributed by atoms with Crippen LogP contribution in [-0.4, -0.2) is 53.8 Å². The normalized spacial score (nSPS) is 22.2. The van der Waals surface area contributed by atoms with Gasteiger partial charge in [0.05, 0.1) is 19.3 Å². The Hall–Kier alpha value is -2.08. The van der Waals surface area contributed by atoms with Crippen LogP contribution in [0.3, 0.4) is 0 Å². The van der Waals surface area contributed by atoms with Crippen LogP contribution in [0.1, 0.15) is 42.5 Å². The third-order valence-electron chi connectivity index (χ3n) is 4.59. The Kier molecular flexibility index (Phi) is 5.35. The molecule has 1 heterocycles. The first-order chi connectivity index (χ1) is 11.6. The highest BCUT2D eigenvalue weighted by atomic mass is 16.5. The molecule has 1 aromatic rings. The molecular weight excluding hydrogens is 310 g/mol. The van der Waals surface area contributed by atoms with Crippen molar-refractivity contribution < 1.29 is 24.2 Å². The molecule has 6 heteroatoms. The lowest BCUT2D eigenvalue weighted by molar-refractivity contribution is -0.154. The number of ether oxygens (including phenoxy) is 2. The van der Waals surface area contributed by atoms with E-state index in [0.29, 0.717) is 12.1 Å². The van der Waals surface area contributed by atoms with E-state index in [-0.39, 0.29) is 25.2 Å². The van der Waals surface area contributed by atoms with Crippen molar-refractivity contribution in [2.45, 2.75) is 44.3 Å². The predicted octanol–water partition coefficient (Wildman–Crippen LogP) is 2.32. The largest absolute Gasteiger partial charge is 0.490 e. The van der Waals surface area contributed by atoms with Crippen LogP contribution in [0.4, 0.5) is 0 Å². The molecule has 6 nitrogen and oxygen atoms in total. The number of nitrogens with zero attached hydrogens (tertiary/aromatic N) is 1. The summed E-state index contributed by atoms with van der Waals surface area (Å²) in [6.45, 7) is 0.725. The number of hydrogen-bond donors (Lipinski definition) is 1. The van der Waals surface area contributed by atoms with Crippen LogP contribution in [-0.2, 0) is 9.53 Å². The molecule has 0 aromatic heterocycles. The molecule has 24 heavy (non-hydrogen) atoms. The average Bonchev–Trinajstić information content (AvgIpc) is 2.63. The molecular formula is C18H23NO5. The fourth-order valence-corrected chi connectivity index (χ4v) is 3.22. The molecule has 1 aromatic carbocycles. The minimum Gasteiger partial charge on any atom is -0.490 e. The van der Waals surface area contributed by atoms with Crippen LogP contribution in [0.2, 0.25) is 0 Å². The first kappa shape index (κ1) is 16.8.